The fraction of sp³-hybridized carbons (Fsp3) is 0.111. The summed E-state index contributed by atoms with van der Waals surface area (Å²) in [5.41, 5.74) is 2.14. The molecule has 0 fully saturated rings. The van der Waals surface area contributed by atoms with Crippen molar-refractivity contribution in [3.8, 4) is 0 Å². The maximum atomic E-state index is 13.4. The van der Waals surface area contributed by atoms with Gasteiger partial charge in [0.2, 0.25) is 0 Å². The number of amidine groups is 2. The van der Waals surface area contributed by atoms with Crippen LogP contribution in [0.5, 0.6) is 0 Å². The molecule has 0 saturated carbocycles. The molecule has 1 radical (unpaired) electrons. The molecule has 0 aliphatic rings. The molecular weight excluding hydrogens is 447 g/mol. The van der Waals surface area contributed by atoms with Gasteiger partial charge in [0.05, 0.1) is 0 Å². The van der Waals surface area contributed by atoms with Crippen LogP contribution in [-0.2, 0) is 42.3 Å². The monoisotopic (exact) mass is 463 g/mol. The van der Waals surface area contributed by atoms with E-state index in [1.807, 2.05) is 30.3 Å². The van der Waals surface area contributed by atoms with Crippen molar-refractivity contribution in [2.75, 3.05) is 14.1 Å². The maximum Gasteiger partial charge on any atom is 2.00 e. The quantitative estimate of drug-likeness (QED) is 0.234. The Balaban J connectivity index is 0.00000392. The van der Waals surface area contributed by atoms with E-state index < -0.39 is 0 Å². The molecule has 2 aromatic carbocycles. The van der Waals surface area contributed by atoms with Gasteiger partial charge in [0.15, 0.2) is 0 Å². The number of hydrogen-bond acceptors (Lipinski definition) is 6. The van der Waals surface area contributed by atoms with E-state index in [0.29, 0.717) is 17.0 Å². The summed E-state index contributed by atoms with van der Waals surface area (Å²) >= 11 is 10.1. The summed E-state index contributed by atoms with van der Waals surface area (Å²) in [6.45, 7) is 0. The van der Waals surface area contributed by atoms with Crippen LogP contribution in [-0.4, -0.2) is 35.9 Å². The number of nitrogens with zero attached hydrogens (tertiary/aromatic N) is 4. The van der Waals surface area contributed by atoms with Gasteiger partial charge in [0, 0.05) is 25.2 Å². The summed E-state index contributed by atoms with van der Waals surface area (Å²) in [6, 6.07) is 15.1. The van der Waals surface area contributed by atoms with Crippen molar-refractivity contribution >= 4 is 47.0 Å². The molecule has 0 atom stereocenters. The first kappa shape index (κ1) is 23.6. The molecule has 0 aliphatic heterocycles. The summed E-state index contributed by atoms with van der Waals surface area (Å²) < 4.78 is 13.4. The molecule has 0 heterocycles. The van der Waals surface area contributed by atoms with Crippen molar-refractivity contribution in [3.05, 3.63) is 71.5 Å². The zero-order chi connectivity index (χ0) is 19.6. The Hall–Kier alpha value is -2.39. The minimum atomic E-state index is -0.361. The minimum absolute atomic E-state index is 0. The molecular formula is C18H17CuFN6S2. The van der Waals surface area contributed by atoms with Crippen molar-refractivity contribution in [2.45, 2.75) is 0 Å². The standard InChI is InChI=1S/C18H19FN6S2.Cu/c1-20-17(26)24-22-15(12-6-4-3-5-7-12)16(23-25-18(27)21-2)13-8-10-14(19)11-9-13;/h3-11H,1-2H3,(H2,20,24,26)(H2,21,25,27);/q;+2/p-2/b22-15+,23-16+;. The van der Waals surface area contributed by atoms with Gasteiger partial charge in [0.1, 0.15) is 17.2 Å². The van der Waals surface area contributed by atoms with Crippen LogP contribution in [0, 0.1) is 5.82 Å². The zero-order valence-electron chi connectivity index (χ0n) is 15.0. The predicted molar refractivity (Wildman–Crippen MR) is 114 cm³/mol. The van der Waals surface area contributed by atoms with Crippen LogP contribution in [0.4, 0.5) is 4.39 Å². The van der Waals surface area contributed by atoms with E-state index in [9.17, 15) is 4.39 Å². The fourth-order valence-electron chi connectivity index (χ4n) is 1.98. The van der Waals surface area contributed by atoms with E-state index in [1.54, 1.807) is 26.2 Å². The Bertz CT molecular complexity index is 883. The SMILES string of the molecule is CN/C([S-])=N/N=C(/C(=N/N=C(\[S-])NC)c1ccc(F)cc1)c1ccccc1.[Cu+2]. The van der Waals surface area contributed by atoms with Gasteiger partial charge in [-0.3, -0.25) is 0 Å². The second-order valence-corrected chi connectivity index (χ2v) is 5.85. The van der Waals surface area contributed by atoms with Crippen LogP contribution in [0.3, 0.4) is 0 Å². The van der Waals surface area contributed by atoms with E-state index >= 15 is 0 Å². The van der Waals surface area contributed by atoms with Gasteiger partial charge in [-0.25, -0.2) is 4.39 Å². The van der Waals surface area contributed by atoms with Gasteiger partial charge in [-0.05, 0) is 34.6 Å². The van der Waals surface area contributed by atoms with E-state index in [1.165, 1.54) is 12.1 Å². The molecule has 28 heavy (non-hydrogen) atoms. The number of rotatable bonds is 5. The average Bonchev–Trinajstić information content (AvgIpc) is 2.71. The number of nitrogens with one attached hydrogen (secondary N) is 2. The predicted octanol–water partition coefficient (Wildman–Crippen LogP) is 2.18. The maximum absolute atomic E-state index is 13.4. The largest absolute Gasteiger partial charge is 2.00 e. The average molecular weight is 464 g/mol. The summed E-state index contributed by atoms with van der Waals surface area (Å²) in [4.78, 5) is 0. The third kappa shape index (κ3) is 6.97. The Morgan fingerprint density at radius 3 is 1.57 bits per heavy atom. The third-order valence-corrected chi connectivity index (χ3v) is 3.87. The molecule has 0 unspecified atom stereocenters. The van der Waals surface area contributed by atoms with E-state index in [-0.39, 0.29) is 33.2 Å². The first-order valence-electron chi connectivity index (χ1n) is 7.87. The molecule has 10 heteroatoms. The molecule has 0 aromatic heterocycles. The number of halogens is 1. The Kier molecular flexibility index (Phi) is 10.3. The topological polar surface area (TPSA) is 73.5 Å². The third-order valence-electron chi connectivity index (χ3n) is 3.30. The molecule has 2 aromatic rings. The molecule has 6 nitrogen and oxygen atoms in total. The van der Waals surface area contributed by atoms with Gasteiger partial charge in [-0.15, -0.1) is 10.2 Å². The van der Waals surface area contributed by atoms with Crippen molar-refractivity contribution in [2.24, 2.45) is 20.4 Å². The van der Waals surface area contributed by atoms with Crippen LogP contribution in [0.2, 0.25) is 0 Å². The molecule has 0 bridgehead atoms. The molecule has 2 rings (SSSR count). The van der Waals surface area contributed by atoms with Gasteiger partial charge < -0.3 is 35.9 Å². The minimum Gasteiger partial charge on any atom is -0.741 e. The van der Waals surface area contributed by atoms with Gasteiger partial charge in [-0.1, -0.05) is 30.3 Å². The van der Waals surface area contributed by atoms with Gasteiger partial charge >= 0.3 is 17.1 Å². The summed E-state index contributed by atoms with van der Waals surface area (Å²) in [5.74, 6) is -0.361. The van der Waals surface area contributed by atoms with Crippen molar-refractivity contribution in [3.63, 3.8) is 0 Å². The van der Waals surface area contributed by atoms with Crippen molar-refractivity contribution in [1.29, 1.82) is 0 Å². The Morgan fingerprint density at radius 1 is 0.714 bits per heavy atom. The molecule has 149 valence electrons. The van der Waals surface area contributed by atoms with E-state index in [0.717, 1.165) is 5.56 Å². The second-order valence-electron chi connectivity index (χ2n) is 5.08. The molecule has 0 amide bonds. The Morgan fingerprint density at radius 2 is 1.14 bits per heavy atom. The van der Waals surface area contributed by atoms with Crippen LogP contribution in [0.15, 0.2) is 75.0 Å². The van der Waals surface area contributed by atoms with Crippen molar-refractivity contribution in [1.82, 2.24) is 10.6 Å². The molecule has 0 saturated heterocycles. The van der Waals surface area contributed by atoms with Gasteiger partial charge in [0.25, 0.3) is 0 Å². The van der Waals surface area contributed by atoms with Crippen LogP contribution in [0.1, 0.15) is 11.1 Å². The molecule has 0 aliphatic carbocycles. The summed E-state index contributed by atoms with van der Waals surface area (Å²) in [5, 5.41) is 22.3. The smallest absolute Gasteiger partial charge is 0.741 e. The molecule has 2 N–H and O–H groups in total. The summed E-state index contributed by atoms with van der Waals surface area (Å²) in [6.07, 6.45) is 0. The normalized spacial score (nSPS) is 13.0. The van der Waals surface area contributed by atoms with Crippen LogP contribution in [0.25, 0.3) is 0 Å². The van der Waals surface area contributed by atoms with Crippen molar-refractivity contribution < 1.29 is 21.5 Å². The summed E-state index contributed by atoms with van der Waals surface area (Å²) in [7, 11) is 3.30. The van der Waals surface area contributed by atoms with Crippen LogP contribution < -0.4 is 10.6 Å². The first-order chi connectivity index (χ1) is 13.0. The fourth-order valence-corrected chi connectivity index (χ4v) is 2.06. The Labute approximate surface area is 184 Å². The number of benzene rings is 2. The van der Waals surface area contributed by atoms with Crippen LogP contribution >= 0.6 is 0 Å². The number of hydrogen-bond donors (Lipinski definition) is 2. The van der Waals surface area contributed by atoms with E-state index in [4.69, 9.17) is 25.3 Å². The first-order valence-corrected chi connectivity index (χ1v) is 8.69. The zero-order valence-corrected chi connectivity index (χ0v) is 17.6. The van der Waals surface area contributed by atoms with Gasteiger partial charge in [-0.2, -0.15) is 10.2 Å². The molecule has 0 spiro atoms. The van der Waals surface area contributed by atoms with E-state index in [2.05, 4.69) is 31.0 Å². The second kappa shape index (κ2) is 12.1.